The average molecular weight is 365 g/mol. The summed E-state index contributed by atoms with van der Waals surface area (Å²) in [4.78, 5) is 4.52. The zero-order chi connectivity index (χ0) is 17.9. The Morgan fingerprint density at radius 3 is 2.96 bits per heavy atom. The molecule has 0 unspecified atom stereocenters. The molecule has 0 fully saturated rings. The molecule has 0 bridgehead atoms. The minimum absolute atomic E-state index is 0.216. The van der Waals surface area contributed by atoms with Crippen LogP contribution < -0.4 is 14.8 Å². The second-order valence-corrected chi connectivity index (χ2v) is 6.29. The zero-order valence-electron chi connectivity index (χ0n) is 13.4. The van der Waals surface area contributed by atoms with Crippen LogP contribution in [0.2, 0.25) is 0 Å². The molecule has 0 spiro atoms. The van der Waals surface area contributed by atoms with Crippen LogP contribution in [-0.2, 0) is 0 Å². The number of allylic oxidation sites excluding steroid dienone is 1. The van der Waals surface area contributed by atoms with Gasteiger partial charge in [0.25, 0.3) is 0 Å². The maximum Gasteiger partial charge on any atom is 0.231 e. The van der Waals surface area contributed by atoms with E-state index in [1.807, 2.05) is 23.6 Å². The van der Waals surface area contributed by atoms with E-state index in [1.165, 1.54) is 29.7 Å². The summed E-state index contributed by atoms with van der Waals surface area (Å²) in [6.07, 6.45) is 1.52. The van der Waals surface area contributed by atoms with Crippen molar-refractivity contribution in [3.05, 3.63) is 64.9 Å². The molecule has 1 aromatic heterocycles. The number of fused-ring (bicyclic) bond motifs is 1. The number of aromatic nitrogens is 1. The second-order valence-electron chi connectivity index (χ2n) is 5.43. The molecule has 0 saturated heterocycles. The number of hydrogen-bond acceptors (Lipinski definition) is 6. The Bertz CT molecular complexity index is 1040. The van der Waals surface area contributed by atoms with Gasteiger partial charge in [0, 0.05) is 22.8 Å². The van der Waals surface area contributed by atoms with E-state index in [0.29, 0.717) is 27.8 Å². The van der Waals surface area contributed by atoms with Gasteiger partial charge in [-0.2, -0.15) is 5.26 Å². The van der Waals surface area contributed by atoms with Gasteiger partial charge in [-0.1, -0.05) is 6.07 Å². The van der Waals surface area contributed by atoms with Crippen LogP contribution in [0.3, 0.4) is 0 Å². The van der Waals surface area contributed by atoms with Crippen LogP contribution in [0.5, 0.6) is 11.5 Å². The fourth-order valence-corrected chi connectivity index (χ4v) is 3.26. The van der Waals surface area contributed by atoms with Crippen LogP contribution in [0.1, 0.15) is 5.01 Å². The summed E-state index contributed by atoms with van der Waals surface area (Å²) < 4.78 is 23.9. The molecule has 1 aliphatic heterocycles. The average Bonchev–Trinajstić information content (AvgIpc) is 3.31. The molecule has 0 aliphatic carbocycles. The van der Waals surface area contributed by atoms with Gasteiger partial charge < -0.3 is 14.8 Å². The predicted octanol–water partition coefficient (Wildman–Crippen LogP) is 4.65. The van der Waals surface area contributed by atoms with Gasteiger partial charge in [-0.3, -0.25) is 0 Å². The highest BCUT2D eigenvalue weighted by atomic mass is 32.1. The fraction of sp³-hybridized carbons (Fsp3) is 0.0526. The molecular weight excluding hydrogens is 353 g/mol. The lowest BCUT2D eigenvalue weighted by atomic mass is 10.1. The van der Waals surface area contributed by atoms with Gasteiger partial charge in [-0.15, -0.1) is 11.3 Å². The Balaban J connectivity index is 1.57. The molecule has 3 aromatic rings. The van der Waals surface area contributed by atoms with Crippen molar-refractivity contribution in [1.82, 2.24) is 4.98 Å². The fourth-order valence-electron chi connectivity index (χ4n) is 2.46. The Morgan fingerprint density at radius 1 is 1.23 bits per heavy atom. The van der Waals surface area contributed by atoms with E-state index in [9.17, 15) is 9.65 Å². The number of nitrogens with one attached hydrogen (secondary N) is 1. The topological polar surface area (TPSA) is 67.2 Å². The number of rotatable bonds is 4. The summed E-state index contributed by atoms with van der Waals surface area (Å²) in [6, 6.07) is 13.7. The maximum absolute atomic E-state index is 13.2. The molecule has 26 heavy (non-hydrogen) atoms. The number of thiazole rings is 1. The van der Waals surface area contributed by atoms with Crippen molar-refractivity contribution >= 4 is 22.6 Å². The van der Waals surface area contributed by atoms with E-state index in [0.717, 1.165) is 11.3 Å². The van der Waals surface area contributed by atoms with Gasteiger partial charge >= 0.3 is 0 Å². The number of hydrogen-bond donors (Lipinski definition) is 1. The van der Waals surface area contributed by atoms with E-state index in [1.54, 1.807) is 12.1 Å². The molecule has 2 heterocycles. The lowest BCUT2D eigenvalue weighted by molar-refractivity contribution is 0.174. The first-order valence-electron chi connectivity index (χ1n) is 7.71. The van der Waals surface area contributed by atoms with Crippen molar-refractivity contribution in [3.8, 4) is 28.8 Å². The maximum atomic E-state index is 13.2. The third kappa shape index (κ3) is 3.23. The summed E-state index contributed by atoms with van der Waals surface area (Å²) in [7, 11) is 0. The third-order valence-electron chi connectivity index (χ3n) is 3.73. The minimum atomic E-state index is -0.346. The molecule has 128 valence electrons. The van der Waals surface area contributed by atoms with Crippen LogP contribution in [0.15, 0.2) is 54.0 Å². The van der Waals surface area contributed by atoms with Crippen molar-refractivity contribution < 1.29 is 13.9 Å². The SMILES string of the molecule is N#CC(=CNc1cccc(F)c1)c1nc(-c2ccc3c(c2)OCO3)cs1. The third-order valence-corrected chi connectivity index (χ3v) is 4.61. The van der Waals surface area contributed by atoms with Gasteiger partial charge in [-0.05, 0) is 36.4 Å². The molecule has 0 saturated carbocycles. The van der Waals surface area contributed by atoms with Crippen LogP contribution in [0, 0.1) is 17.1 Å². The number of halogens is 1. The molecule has 0 amide bonds. The zero-order valence-corrected chi connectivity index (χ0v) is 14.2. The van der Waals surface area contributed by atoms with Gasteiger partial charge in [0.2, 0.25) is 6.79 Å². The Hall–Kier alpha value is -3.37. The molecule has 7 heteroatoms. The first kappa shape index (κ1) is 16.1. The van der Waals surface area contributed by atoms with Crippen molar-refractivity contribution in [3.63, 3.8) is 0 Å². The lowest BCUT2D eigenvalue weighted by Crippen LogP contribution is -1.92. The Labute approximate surface area is 153 Å². The molecule has 1 aliphatic rings. The summed E-state index contributed by atoms with van der Waals surface area (Å²) in [5.41, 5.74) is 2.55. The van der Waals surface area contributed by atoms with Gasteiger partial charge in [0.15, 0.2) is 11.5 Å². The number of anilines is 1. The number of ether oxygens (including phenoxy) is 2. The highest BCUT2D eigenvalue weighted by molar-refractivity contribution is 7.11. The highest BCUT2D eigenvalue weighted by Gasteiger charge is 2.15. The predicted molar refractivity (Wildman–Crippen MR) is 97.3 cm³/mol. The monoisotopic (exact) mass is 365 g/mol. The standard InChI is InChI=1S/C19H12FN3O2S/c20-14-2-1-3-15(7-14)22-9-13(8-21)19-23-16(10-26-19)12-4-5-17-18(6-12)25-11-24-17/h1-7,9-10,22H,11H2. The minimum Gasteiger partial charge on any atom is -0.454 e. The second kappa shape index (κ2) is 6.86. The van der Waals surface area contributed by atoms with Gasteiger partial charge in [0.1, 0.15) is 22.5 Å². The summed E-state index contributed by atoms with van der Waals surface area (Å²) in [5.74, 6) is 1.04. The van der Waals surface area contributed by atoms with Gasteiger partial charge in [0.05, 0.1) is 5.69 Å². The van der Waals surface area contributed by atoms with E-state index in [-0.39, 0.29) is 12.6 Å². The van der Waals surface area contributed by atoms with Gasteiger partial charge in [-0.25, -0.2) is 9.37 Å². The molecular formula is C19H12FN3O2S. The first-order valence-corrected chi connectivity index (χ1v) is 8.59. The first-order chi connectivity index (χ1) is 12.7. The van der Waals surface area contributed by atoms with Crippen molar-refractivity contribution in [2.45, 2.75) is 0 Å². The quantitative estimate of drug-likeness (QED) is 0.682. The largest absolute Gasteiger partial charge is 0.454 e. The lowest BCUT2D eigenvalue weighted by Gasteiger charge is -2.01. The summed E-state index contributed by atoms with van der Waals surface area (Å²) >= 11 is 1.36. The molecule has 0 radical (unpaired) electrons. The number of nitriles is 1. The molecule has 0 atom stereocenters. The molecule has 2 aromatic carbocycles. The van der Waals surface area contributed by atoms with Crippen molar-refractivity contribution in [1.29, 1.82) is 5.26 Å². The molecule has 1 N–H and O–H groups in total. The number of nitrogens with zero attached hydrogens (tertiary/aromatic N) is 2. The molecule has 5 nitrogen and oxygen atoms in total. The normalized spacial score (nSPS) is 12.7. The van der Waals surface area contributed by atoms with E-state index in [2.05, 4.69) is 16.4 Å². The summed E-state index contributed by atoms with van der Waals surface area (Å²) in [5, 5.41) is 14.8. The number of benzene rings is 2. The molecule has 4 rings (SSSR count). The Kier molecular flexibility index (Phi) is 4.25. The Morgan fingerprint density at radius 2 is 2.12 bits per heavy atom. The van der Waals surface area contributed by atoms with Crippen LogP contribution >= 0.6 is 11.3 Å². The van der Waals surface area contributed by atoms with Crippen molar-refractivity contribution in [2.75, 3.05) is 12.1 Å². The van der Waals surface area contributed by atoms with E-state index >= 15 is 0 Å². The van der Waals surface area contributed by atoms with E-state index < -0.39 is 0 Å². The van der Waals surface area contributed by atoms with Crippen LogP contribution in [-0.4, -0.2) is 11.8 Å². The highest BCUT2D eigenvalue weighted by Crippen LogP contribution is 2.36. The van der Waals surface area contributed by atoms with Crippen LogP contribution in [0.4, 0.5) is 10.1 Å². The summed E-state index contributed by atoms with van der Waals surface area (Å²) in [6.45, 7) is 0.216. The van der Waals surface area contributed by atoms with Crippen LogP contribution in [0.25, 0.3) is 16.8 Å². The van der Waals surface area contributed by atoms with E-state index in [4.69, 9.17) is 9.47 Å². The smallest absolute Gasteiger partial charge is 0.231 e. The van der Waals surface area contributed by atoms with Crippen molar-refractivity contribution in [2.24, 2.45) is 0 Å².